The van der Waals surface area contributed by atoms with Crippen molar-refractivity contribution >= 4 is 17.3 Å². The van der Waals surface area contributed by atoms with E-state index in [1.165, 1.54) is 0 Å². The van der Waals surface area contributed by atoms with Gasteiger partial charge in [0.05, 0.1) is 17.4 Å². The van der Waals surface area contributed by atoms with Crippen LogP contribution in [0.3, 0.4) is 0 Å². The van der Waals surface area contributed by atoms with Gasteiger partial charge in [0, 0.05) is 18.4 Å². The molecule has 1 aromatic carbocycles. The molecule has 0 aliphatic heterocycles. The molecule has 2 N–H and O–H groups in total. The summed E-state index contributed by atoms with van der Waals surface area (Å²) in [4.78, 5) is 16.5. The first-order valence-corrected chi connectivity index (χ1v) is 6.68. The first-order chi connectivity index (χ1) is 9.61. The Morgan fingerprint density at radius 2 is 2.00 bits per heavy atom. The maximum absolute atomic E-state index is 12.4. The zero-order chi connectivity index (χ0) is 14.5. The van der Waals surface area contributed by atoms with Gasteiger partial charge in [-0.15, -0.1) is 0 Å². The molecular formula is C16H19N3O. The fourth-order valence-corrected chi connectivity index (χ4v) is 1.98. The molecule has 1 amide bonds. The second kappa shape index (κ2) is 6.19. The maximum atomic E-state index is 12.4. The summed E-state index contributed by atoms with van der Waals surface area (Å²) in [5, 5.41) is 6.12. The minimum absolute atomic E-state index is 0.124. The molecule has 4 nitrogen and oxygen atoms in total. The Hall–Kier alpha value is -2.36. The van der Waals surface area contributed by atoms with Crippen LogP contribution in [0.5, 0.6) is 0 Å². The van der Waals surface area contributed by atoms with Crippen molar-refractivity contribution in [2.45, 2.75) is 20.8 Å². The number of aryl methyl sites for hydroxylation is 2. The maximum Gasteiger partial charge on any atom is 0.257 e. The highest BCUT2D eigenvalue weighted by Gasteiger charge is 2.12. The van der Waals surface area contributed by atoms with E-state index in [2.05, 4.69) is 15.6 Å². The van der Waals surface area contributed by atoms with E-state index in [1.54, 1.807) is 12.4 Å². The Kier molecular flexibility index (Phi) is 4.35. The number of hydrogen-bond acceptors (Lipinski definition) is 3. The van der Waals surface area contributed by atoms with Crippen LogP contribution in [0.4, 0.5) is 11.4 Å². The monoisotopic (exact) mass is 269 g/mol. The van der Waals surface area contributed by atoms with E-state index in [0.29, 0.717) is 5.56 Å². The third-order valence-electron chi connectivity index (χ3n) is 3.07. The van der Waals surface area contributed by atoms with Crippen molar-refractivity contribution in [2.24, 2.45) is 0 Å². The average molecular weight is 269 g/mol. The highest BCUT2D eigenvalue weighted by atomic mass is 16.1. The van der Waals surface area contributed by atoms with Crippen LogP contribution < -0.4 is 10.6 Å². The van der Waals surface area contributed by atoms with E-state index in [1.807, 2.05) is 45.0 Å². The van der Waals surface area contributed by atoms with E-state index in [4.69, 9.17) is 0 Å². The van der Waals surface area contributed by atoms with Gasteiger partial charge in [-0.25, -0.2) is 0 Å². The zero-order valence-corrected chi connectivity index (χ0v) is 12.0. The molecule has 0 saturated heterocycles. The summed E-state index contributed by atoms with van der Waals surface area (Å²) in [7, 11) is 0. The molecule has 104 valence electrons. The highest BCUT2D eigenvalue weighted by Crippen LogP contribution is 2.20. The summed E-state index contributed by atoms with van der Waals surface area (Å²) in [6.07, 6.45) is 3.37. The minimum Gasteiger partial charge on any atom is -0.385 e. The second-order valence-electron chi connectivity index (χ2n) is 4.72. The molecule has 2 aromatic rings. The fraction of sp³-hybridized carbons (Fsp3) is 0.250. The molecule has 20 heavy (non-hydrogen) atoms. The number of anilines is 2. The predicted octanol–water partition coefficient (Wildman–Crippen LogP) is 3.38. The van der Waals surface area contributed by atoms with Gasteiger partial charge in [0.25, 0.3) is 5.91 Å². The third kappa shape index (κ3) is 3.15. The van der Waals surface area contributed by atoms with Crippen LogP contribution in [-0.4, -0.2) is 17.4 Å². The molecule has 0 saturated carbocycles. The Balaban J connectivity index is 2.29. The minimum atomic E-state index is -0.124. The molecule has 0 fully saturated rings. The summed E-state index contributed by atoms with van der Waals surface area (Å²) in [6.45, 7) is 6.70. The Morgan fingerprint density at radius 3 is 2.70 bits per heavy atom. The van der Waals surface area contributed by atoms with E-state index < -0.39 is 0 Å². The Bertz CT molecular complexity index is 623. The molecular weight excluding hydrogens is 250 g/mol. The lowest BCUT2D eigenvalue weighted by atomic mass is 10.1. The summed E-state index contributed by atoms with van der Waals surface area (Å²) < 4.78 is 0. The first kappa shape index (κ1) is 14.1. The van der Waals surface area contributed by atoms with E-state index >= 15 is 0 Å². The van der Waals surface area contributed by atoms with E-state index in [9.17, 15) is 4.79 Å². The van der Waals surface area contributed by atoms with Gasteiger partial charge < -0.3 is 10.6 Å². The fourth-order valence-electron chi connectivity index (χ4n) is 1.98. The van der Waals surface area contributed by atoms with Gasteiger partial charge in [0.2, 0.25) is 0 Å². The lowest BCUT2D eigenvalue weighted by Gasteiger charge is -2.13. The molecule has 0 atom stereocenters. The van der Waals surface area contributed by atoms with E-state index in [0.717, 1.165) is 29.0 Å². The zero-order valence-electron chi connectivity index (χ0n) is 12.0. The van der Waals surface area contributed by atoms with Crippen molar-refractivity contribution in [2.75, 3.05) is 17.2 Å². The van der Waals surface area contributed by atoms with Gasteiger partial charge in [0.15, 0.2) is 0 Å². The van der Waals surface area contributed by atoms with Crippen molar-refractivity contribution in [3.63, 3.8) is 0 Å². The lowest BCUT2D eigenvalue weighted by molar-refractivity contribution is 0.102. The standard InChI is InChI=1S/C16H19N3O/c1-4-18-14-6-5-11(2)9-13(14)16(20)19-15-10-17-8-7-12(15)3/h5-10,18H,4H2,1-3H3,(H,19,20). The number of rotatable bonds is 4. The number of benzene rings is 1. The van der Waals surface area contributed by atoms with Crippen LogP contribution in [-0.2, 0) is 0 Å². The predicted molar refractivity (Wildman–Crippen MR) is 82.3 cm³/mol. The van der Waals surface area contributed by atoms with Crippen LogP contribution in [0.15, 0.2) is 36.7 Å². The van der Waals surface area contributed by atoms with Gasteiger partial charge in [-0.2, -0.15) is 0 Å². The van der Waals surface area contributed by atoms with Crippen molar-refractivity contribution in [3.8, 4) is 0 Å². The largest absolute Gasteiger partial charge is 0.385 e. The molecule has 1 heterocycles. The van der Waals surface area contributed by atoms with Gasteiger partial charge in [-0.05, 0) is 44.5 Å². The molecule has 0 radical (unpaired) electrons. The molecule has 1 aromatic heterocycles. The van der Waals surface area contributed by atoms with Crippen LogP contribution >= 0.6 is 0 Å². The Morgan fingerprint density at radius 1 is 1.20 bits per heavy atom. The third-order valence-corrected chi connectivity index (χ3v) is 3.07. The van der Waals surface area contributed by atoms with Gasteiger partial charge >= 0.3 is 0 Å². The molecule has 0 aliphatic rings. The summed E-state index contributed by atoms with van der Waals surface area (Å²) in [5.41, 5.74) is 4.28. The number of amides is 1. The SMILES string of the molecule is CCNc1ccc(C)cc1C(=O)Nc1cnccc1C. The lowest BCUT2D eigenvalue weighted by Crippen LogP contribution is -2.15. The highest BCUT2D eigenvalue weighted by molar-refractivity contribution is 6.08. The van der Waals surface area contributed by atoms with Crippen molar-refractivity contribution in [1.29, 1.82) is 0 Å². The van der Waals surface area contributed by atoms with Crippen molar-refractivity contribution < 1.29 is 4.79 Å². The summed E-state index contributed by atoms with van der Waals surface area (Å²) in [6, 6.07) is 7.68. The molecule has 0 aliphatic carbocycles. The number of aromatic nitrogens is 1. The number of nitrogens with one attached hydrogen (secondary N) is 2. The number of pyridine rings is 1. The number of carbonyl (C=O) groups is 1. The quantitative estimate of drug-likeness (QED) is 0.894. The summed E-state index contributed by atoms with van der Waals surface area (Å²) >= 11 is 0. The topological polar surface area (TPSA) is 54.0 Å². The number of nitrogens with zero attached hydrogens (tertiary/aromatic N) is 1. The van der Waals surface area contributed by atoms with Gasteiger partial charge in [-0.1, -0.05) is 11.6 Å². The van der Waals surface area contributed by atoms with Crippen LogP contribution in [0, 0.1) is 13.8 Å². The number of carbonyl (C=O) groups excluding carboxylic acids is 1. The Labute approximate surface area is 119 Å². The molecule has 0 bridgehead atoms. The smallest absolute Gasteiger partial charge is 0.257 e. The van der Waals surface area contributed by atoms with Crippen LogP contribution in [0.2, 0.25) is 0 Å². The first-order valence-electron chi connectivity index (χ1n) is 6.68. The van der Waals surface area contributed by atoms with Crippen molar-refractivity contribution in [3.05, 3.63) is 53.3 Å². The van der Waals surface area contributed by atoms with Gasteiger partial charge in [0.1, 0.15) is 0 Å². The average Bonchev–Trinajstić information content (AvgIpc) is 2.43. The second-order valence-corrected chi connectivity index (χ2v) is 4.72. The van der Waals surface area contributed by atoms with Crippen LogP contribution in [0.1, 0.15) is 28.4 Å². The molecule has 4 heteroatoms. The summed E-state index contributed by atoms with van der Waals surface area (Å²) in [5.74, 6) is -0.124. The van der Waals surface area contributed by atoms with Crippen LogP contribution in [0.25, 0.3) is 0 Å². The van der Waals surface area contributed by atoms with E-state index in [-0.39, 0.29) is 5.91 Å². The number of hydrogen-bond donors (Lipinski definition) is 2. The normalized spacial score (nSPS) is 10.2. The molecule has 0 spiro atoms. The van der Waals surface area contributed by atoms with Gasteiger partial charge in [-0.3, -0.25) is 9.78 Å². The van der Waals surface area contributed by atoms with Crippen molar-refractivity contribution in [1.82, 2.24) is 4.98 Å². The molecule has 2 rings (SSSR count). The molecule has 0 unspecified atom stereocenters.